The number of carbonyl (C=O) groups is 2. The van der Waals surface area contributed by atoms with E-state index >= 15 is 0 Å². The summed E-state index contributed by atoms with van der Waals surface area (Å²) in [5, 5.41) is 0.299. The van der Waals surface area contributed by atoms with E-state index in [0.29, 0.717) is 12.6 Å². The van der Waals surface area contributed by atoms with Gasteiger partial charge in [0.15, 0.2) is 0 Å². The Bertz CT molecular complexity index is 559. The van der Waals surface area contributed by atoms with Gasteiger partial charge in [-0.25, -0.2) is 13.1 Å². The molecule has 0 saturated heterocycles. The molecular formula is C10H9Cl2NO4S. The van der Waals surface area contributed by atoms with Crippen LogP contribution >= 0.6 is 23.2 Å². The van der Waals surface area contributed by atoms with Crippen LogP contribution in [0.15, 0.2) is 23.1 Å². The molecule has 0 radical (unpaired) electrons. The van der Waals surface area contributed by atoms with Gasteiger partial charge in [0.25, 0.3) is 0 Å². The van der Waals surface area contributed by atoms with Gasteiger partial charge in [0.05, 0.1) is 21.0 Å². The summed E-state index contributed by atoms with van der Waals surface area (Å²) in [6, 6.07) is 2.64. The van der Waals surface area contributed by atoms with Crippen molar-refractivity contribution in [1.29, 1.82) is 0 Å². The molecule has 0 unspecified atom stereocenters. The summed E-state index contributed by atoms with van der Waals surface area (Å²) in [5.41, 5.74) is 0. The predicted molar refractivity (Wildman–Crippen MR) is 67.3 cm³/mol. The van der Waals surface area contributed by atoms with Gasteiger partial charge in [0.2, 0.25) is 10.0 Å². The lowest BCUT2D eigenvalue weighted by molar-refractivity contribution is -0.113. The molecule has 0 amide bonds. The summed E-state index contributed by atoms with van der Waals surface area (Å²) >= 11 is 11.4. The summed E-state index contributed by atoms with van der Waals surface area (Å²) in [5.74, 6) is 0. The molecule has 1 atom stereocenters. The van der Waals surface area contributed by atoms with E-state index in [2.05, 4.69) is 4.72 Å². The zero-order valence-corrected chi connectivity index (χ0v) is 11.3. The highest BCUT2D eigenvalue weighted by molar-refractivity contribution is 7.89. The molecule has 0 spiro atoms. The van der Waals surface area contributed by atoms with Crippen LogP contribution in [0.1, 0.15) is 6.42 Å². The second kappa shape index (κ2) is 6.29. The topological polar surface area (TPSA) is 80.3 Å². The quantitative estimate of drug-likeness (QED) is 0.806. The van der Waals surface area contributed by atoms with Gasteiger partial charge in [-0.1, -0.05) is 23.2 Å². The summed E-state index contributed by atoms with van der Waals surface area (Å²) in [6.45, 7) is 0. The second-order valence-electron chi connectivity index (χ2n) is 3.34. The Morgan fingerprint density at radius 3 is 2.39 bits per heavy atom. The number of hydrogen-bond donors (Lipinski definition) is 1. The van der Waals surface area contributed by atoms with Gasteiger partial charge in [0.1, 0.15) is 12.6 Å². The minimum absolute atomic E-state index is 0.0811. The van der Waals surface area contributed by atoms with Crippen LogP contribution in [0.3, 0.4) is 0 Å². The maximum absolute atomic E-state index is 11.9. The smallest absolute Gasteiger partial charge is 0.241 e. The average Bonchev–Trinajstić information content (AvgIpc) is 2.31. The van der Waals surface area contributed by atoms with Crippen molar-refractivity contribution in [2.45, 2.75) is 17.4 Å². The number of aldehydes is 2. The zero-order valence-electron chi connectivity index (χ0n) is 8.97. The first-order valence-corrected chi connectivity index (χ1v) is 7.01. The van der Waals surface area contributed by atoms with Crippen molar-refractivity contribution in [3.05, 3.63) is 28.2 Å². The van der Waals surface area contributed by atoms with E-state index in [4.69, 9.17) is 23.2 Å². The zero-order chi connectivity index (χ0) is 13.8. The highest BCUT2D eigenvalue weighted by Gasteiger charge is 2.20. The van der Waals surface area contributed by atoms with Crippen LogP contribution in [0.25, 0.3) is 0 Å². The number of sulfonamides is 1. The molecular weight excluding hydrogens is 301 g/mol. The van der Waals surface area contributed by atoms with Crippen molar-refractivity contribution in [1.82, 2.24) is 4.72 Å². The van der Waals surface area contributed by atoms with Crippen molar-refractivity contribution in [2.75, 3.05) is 0 Å². The highest BCUT2D eigenvalue weighted by Crippen LogP contribution is 2.24. The largest absolute Gasteiger partial charge is 0.303 e. The fraction of sp³-hybridized carbons (Fsp3) is 0.200. The van der Waals surface area contributed by atoms with Crippen molar-refractivity contribution < 1.29 is 18.0 Å². The van der Waals surface area contributed by atoms with Crippen LogP contribution in [-0.4, -0.2) is 27.0 Å². The first kappa shape index (κ1) is 15.1. The lowest BCUT2D eigenvalue weighted by atomic mass is 10.3. The number of rotatable bonds is 6. The van der Waals surface area contributed by atoms with E-state index in [9.17, 15) is 18.0 Å². The predicted octanol–water partition coefficient (Wildman–Crippen LogP) is 1.43. The van der Waals surface area contributed by atoms with E-state index in [1.165, 1.54) is 12.1 Å². The molecule has 1 N–H and O–H groups in total. The second-order valence-corrected chi connectivity index (χ2v) is 5.87. The first-order valence-electron chi connectivity index (χ1n) is 4.77. The molecule has 0 aromatic heterocycles. The van der Waals surface area contributed by atoms with E-state index in [0.717, 1.165) is 6.07 Å². The Labute approximate surface area is 114 Å². The van der Waals surface area contributed by atoms with Gasteiger partial charge >= 0.3 is 0 Å². The number of carbonyl (C=O) groups excluding carboxylic acids is 2. The third-order valence-corrected chi connectivity index (χ3v) is 4.25. The summed E-state index contributed by atoms with van der Waals surface area (Å²) in [4.78, 5) is 20.7. The van der Waals surface area contributed by atoms with Crippen LogP contribution in [0.2, 0.25) is 10.0 Å². The molecule has 1 rings (SSSR count). The van der Waals surface area contributed by atoms with Crippen LogP contribution in [-0.2, 0) is 19.6 Å². The first-order chi connectivity index (χ1) is 8.40. The number of halogens is 2. The summed E-state index contributed by atoms with van der Waals surface area (Å²) < 4.78 is 25.8. The van der Waals surface area contributed by atoms with Crippen LogP contribution < -0.4 is 4.72 Å². The highest BCUT2D eigenvalue weighted by atomic mass is 35.5. The third-order valence-electron chi connectivity index (χ3n) is 2.02. The summed E-state index contributed by atoms with van der Waals surface area (Å²) in [7, 11) is -3.92. The lowest BCUT2D eigenvalue weighted by Crippen LogP contribution is -2.36. The molecule has 0 fully saturated rings. The number of hydrogen-bond acceptors (Lipinski definition) is 4. The molecule has 8 heteroatoms. The Morgan fingerprint density at radius 1 is 1.22 bits per heavy atom. The molecule has 18 heavy (non-hydrogen) atoms. The Morgan fingerprint density at radius 2 is 1.89 bits per heavy atom. The molecule has 0 aliphatic carbocycles. The fourth-order valence-corrected chi connectivity index (χ4v) is 2.72. The molecule has 1 aromatic carbocycles. The van der Waals surface area contributed by atoms with Crippen molar-refractivity contribution >= 4 is 45.8 Å². The lowest BCUT2D eigenvalue weighted by Gasteiger charge is -2.11. The molecule has 5 nitrogen and oxygen atoms in total. The van der Waals surface area contributed by atoms with Crippen molar-refractivity contribution in [2.24, 2.45) is 0 Å². The van der Waals surface area contributed by atoms with Gasteiger partial charge in [0, 0.05) is 6.42 Å². The van der Waals surface area contributed by atoms with Crippen molar-refractivity contribution in [3.8, 4) is 0 Å². The standard InChI is InChI=1S/C10H9Cl2NO4S/c11-9-2-1-8(5-10(9)12)18(16,17)13-7(6-15)3-4-14/h1-2,4-7,13H,3H2/t7-/m0/s1. The average molecular weight is 310 g/mol. The maximum atomic E-state index is 11.9. The fourth-order valence-electron chi connectivity index (χ4n) is 1.15. The van der Waals surface area contributed by atoms with Crippen LogP contribution in [0.4, 0.5) is 0 Å². The molecule has 0 aliphatic heterocycles. The van der Waals surface area contributed by atoms with Gasteiger partial charge < -0.3 is 9.59 Å². The Hall–Kier alpha value is -0.950. The molecule has 0 saturated carbocycles. The molecule has 0 bridgehead atoms. The van der Waals surface area contributed by atoms with Gasteiger partial charge in [-0.3, -0.25) is 0 Å². The minimum Gasteiger partial charge on any atom is -0.303 e. The third kappa shape index (κ3) is 3.78. The minimum atomic E-state index is -3.92. The Kier molecular flexibility index (Phi) is 5.28. The van der Waals surface area contributed by atoms with Crippen molar-refractivity contribution in [3.63, 3.8) is 0 Å². The molecule has 0 heterocycles. The van der Waals surface area contributed by atoms with Gasteiger partial charge in [-0.15, -0.1) is 0 Å². The molecule has 0 aliphatic rings. The maximum Gasteiger partial charge on any atom is 0.241 e. The molecule has 98 valence electrons. The van der Waals surface area contributed by atoms with E-state index < -0.39 is 16.1 Å². The SMILES string of the molecule is O=CC[C@@H](C=O)NS(=O)(=O)c1ccc(Cl)c(Cl)c1. The summed E-state index contributed by atoms with van der Waals surface area (Å²) in [6.07, 6.45) is 0.573. The monoisotopic (exact) mass is 309 g/mol. The Balaban J connectivity index is 3.02. The number of nitrogens with one attached hydrogen (secondary N) is 1. The van der Waals surface area contributed by atoms with Gasteiger partial charge in [-0.2, -0.15) is 0 Å². The number of benzene rings is 1. The van der Waals surface area contributed by atoms with Crippen LogP contribution in [0, 0.1) is 0 Å². The van der Waals surface area contributed by atoms with E-state index in [-0.39, 0.29) is 21.4 Å². The molecule has 1 aromatic rings. The normalized spacial score (nSPS) is 13.0. The van der Waals surface area contributed by atoms with Gasteiger partial charge in [-0.05, 0) is 18.2 Å². The van der Waals surface area contributed by atoms with E-state index in [1.54, 1.807) is 0 Å². The van der Waals surface area contributed by atoms with E-state index in [1.807, 2.05) is 0 Å². The van der Waals surface area contributed by atoms with Crippen LogP contribution in [0.5, 0.6) is 0 Å².